The molecule has 0 saturated heterocycles. The molecule has 28 heavy (non-hydrogen) atoms. The average Bonchev–Trinajstić information content (AvgIpc) is 3.06. The van der Waals surface area contributed by atoms with Crippen molar-refractivity contribution in [2.24, 2.45) is 11.7 Å². The Morgan fingerprint density at radius 1 is 1.25 bits per heavy atom. The summed E-state index contributed by atoms with van der Waals surface area (Å²) in [5, 5.41) is 3.02. The number of halogens is 2. The number of hydrogen-bond acceptors (Lipinski definition) is 4. The lowest BCUT2D eigenvalue weighted by molar-refractivity contribution is -0.122. The topological polar surface area (TPSA) is 85.3 Å². The van der Waals surface area contributed by atoms with Gasteiger partial charge in [0.2, 0.25) is 11.7 Å². The minimum atomic E-state index is -0.425. The highest BCUT2D eigenvalue weighted by Gasteiger charge is 2.37. The van der Waals surface area contributed by atoms with Gasteiger partial charge in [-0.2, -0.15) is 0 Å². The van der Waals surface area contributed by atoms with Crippen LogP contribution in [0.15, 0.2) is 48.9 Å². The van der Waals surface area contributed by atoms with Crippen molar-refractivity contribution in [2.75, 3.05) is 5.32 Å². The predicted octanol–water partition coefficient (Wildman–Crippen LogP) is 4.09. The minimum Gasteiger partial charge on any atom is -0.326 e. The molecule has 6 nitrogen and oxygen atoms in total. The van der Waals surface area contributed by atoms with Crippen molar-refractivity contribution in [1.82, 2.24) is 14.4 Å². The Kier molecular flexibility index (Phi) is 7.04. The number of rotatable bonds is 3. The fourth-order valence-corrected chi connectivity index (χ4v) is 3.71. The van der Waals surface area contributed by atoms with E-state index in [1.807, 2.05) is 54.0 Å². The number of fused-ring (bicyclic) bond motifs is 1. The third-order valence-corrected chi connectivity index (χ3v) is 5.25. The van der Waals surface area contributed by atoms with Crippen molar-refractivity contribution in [3.8, 4) is 11.3 Å². The number of nitrogens with zero attached hydrogens (tertiary/aromatic N) is 3. The van der Waals surface area contributed by atoms with E-state index in [1.54, 1.807) is 6.20 Å². The molecule has 2 aromatic heterocycles. The molecule has 2 heterocycles. The van der Waals surface area contributed by atoms with Gasteiger partial charge in [-0.05, 0) is 38.0 Å². The molecule has 1 amide bonds. The Morgan fingerprint density at radius 2 is 2.00 bits per heavy atom. The molecule has 1 aromatic carbocycles. The van der Waals surface area contributed by atoms with Crippen LogP contribution in [-0.4, -0.2) is 25.8 Å². The molecule has 2 unspecified atom stereocenters. The predicted molar refractivity (Wildman–Crippen MR) is 116 cm³/mol. The van der Waals surface area contributed by atoms with E-state index in [0.717, 1.165) is 42.6 Å². The van der Waals surface area contributed by atoms with E-state index in [9.17, 15) is 4.79 Å². The molecule has 1 saturated carbocycles. The summed E-state index contributed by atoms with van der Waals surface area (Å²) in [6.07, 6.45) is 9.49. The third kappa shape index (κ3) is 4.46. The fraction of sp³-hybridized carbons (Fsp3) is 0.350. The number of imidazole rings is 1. The van der Waals surface area contributed by atoms with Crippen LogP contribution < -0.4 is 11.1 Å². The number of carbonyl (C=O) groups is 1. The zero-order valence-electron chi connectivity index (χ0n) is 15.7. The summed E-state index contributed by atoms with van der Waals surface area (Å²) in [6.45, 7) is 1.98. The molecule has 4 rings (SSSR count). The van der Waals surface area contributed by atoms with E-state index in [-0.39, 0.29) is 36.6 Å². The molecule has 2 atom stereocenters. The van der Waals surface area contributed by atoms with E-state index >= 15 is 0 Å². The highest BCUT2D eigenvalue weighted by atomic mass is 35.5. The SMILES string of the molecule is CC1(N)CCCCC1C(=O)Nc1ccc(-c2cn3cccnc3n2)cc1.Cl.Cl. The average molecular weight is 422 g/mol. The van der Waals surface area contributed by atoms with Gasteiger partial charge in [0, 0.05) is 35.4 Å². The molecule has 1 fully saturated rings. The molecule has 0 radical (unpaired) electrons. The lowest BCUT2D eigenvalue weighted by Gasteiger charge is -2.37. The molecule has 0 aliphatic heterocycles. The first-order valence-electron chi connectivity index (χ1n) is 9.03. The summed E-state index contributed by atoms with van der Waals surface area (Å²) < 4.78 is 1.89. The van der Waals surface area contributed by atoms with Crippen LogP contribution in [0.1, 0.15) is 32.6 Å². The van der Waals surface area contributed by atoms with Crippen molar-refractivity contribution in [2.45, 2.75) is 38.1 Å². The lowest BCUT2D eigenvalue weighted by Crippen LogP contribution is -2.51. The molecule has 3 aromatic rings. The van der Waals surface area contributed by atoms with E-state index < -0.39 is 5.54 Å². The summed E-state index contributed by atoms with van der Waals surface area (Å²) in [4.78, 5) is 21.4. The Labute approximate surface area is 176 Å². The Balaban J connectivity index is 0.00000140. The standard InChI is InChI=1S/C20H23N5O.2ClH/c1-20(21)10-3-2-5-16(20)18(26)23-15-8-6-14(7-9-15)17-13-25-12-4-11-22-19(25)24-17;;/h4,6-9,11-13,16H,2-3,5,10,21H2,1H3,(H,23,26);2*1H. The number of amides is 1. The van der Waals surface area contributed by atoms with E-state index in [4.69, 9.17) is 5.73 Å². The summed E-state index contributed by atoms with van der Waals surface area (Å²) in [5.41, 5.74) is 8.52. The van der Waals surface area contributed by atoms with Crippen LogP contribution in [0.2, 0.25) is 0 Å². The molecule has 8 heteroatoms. The normalized spacial score (nSPS) is 21.4. The second-order valence-electron chi connectivity index (χ2n) is 7.32. The Bertz CT molecular complexity index is 906. The molecule has 3 N–H and O–H groups in total. The number of aromatic nitrogens is 3. The van der Waals surface area contributed by atoms with Crippen molar-refractivity contribution in [3.63, 3.8) is 0 Å². The molecule has 0 bridgehead atoms. The van der Waals surface area contributed by atoms with E-state index in [1.165, 1.54) is 0 Å². The molecular weight excluding hydrogens is 397 g/mol. The van der Waals surface area contributed by atoms with E-state index in [2.05, 4.69) is 15.3 Å². The molecule has 1 aliphatic carbocycles. The zero-order chi connectivity index (χ0) is 18.1. The number of nitrogens with two attached hydrogens (primary N) is 1. The van der Waals surface area contributed by atoms with Crippen LogP contribution >= 0.6 is 24.8 Å². The van der Waals surface area contributed by atoms with Gasteiger partial charge in [-0.3, -0.25) is 9.20 Å². The maximum Gasteiger partial charge on any atom is 0.234 e. The van der Waals surface area contributed by atoms with Crippen LogP contribution in [0.25, 0.3) is 17.0 Å². The highest BCUT2D eigenvalue weighted by Crippen LogP contribution is 2.32. The minimum absolute atomic E-state index is 0. The van der Waals surface area contributed by atoms with Crippen LogP contribution in [0.5, 0.6) is 0 Å². The second kappa shape index (κ2) is 8.90. The van der Waals surface area contributed by atoms with Gasteiger partial charge in [-0.1, -0.05) is 25.0 Å². The second-order valence-corrected chi connectivity index (χ2v) is 7.32. The van der Waals surface area contributed by atoms with Gasteiger partial charge in [-0.25, -0.2) is 9.97 Å². The summed E-state index contributed by atoms with van der Waals surface area (Å²) in [6, 6.07) is 9.59. The Morgan fingerprint density at radius 3 is 2.68 bits per heavy atom. The van der Waals surface area contributed by atoms with Gasteiger partial charge < -0.3 is 11.1 Å². The van der Waals surface area contributed by atoms with Crippen molar-refractivity contribution in [3.05, 3.63) is 48.9 Å². The Hall–Kier alpha value is -2.15. The molecule has 0 spiro atoms. The largest absolute Gasteiger partial charge is 0.326 e. The van der Waals surface area contributed by atoms with Gasteiger partial charge in [0.1, 0.15) is 0 Å². The van der Waals surface area contributed by atoms with Crippen molar-refractivity contribution in [1.29, 1.82) is 0 Å². The molecule has 150 valence electrons. The van der Waals surface area contributed by atoms with Crippen molar-refractivity contribution >= 4 is 42.2 Å². The van der Waals surface area contributed by atoms with Gasteiger partial charge in [0.15, 0.2) is 0 Å². The van der Waals surface area contributed by atoms with Crippen molar-refractivity contribution < 1.29 is 4.79 Å². The summed E-state index contributed by atoms with van der Waals surface area (Å²) >= 11 is 0. The number of carbonyl (C=O) groups excluding carboxylic acids is 1. The lowest BCUT2D eigenvalue weighted by atomic mass is 9.74. The van der Waals surface area contributed by atoms with Crippen LogP contribution in [0, 0.1) is 5.92 Å². The molecule has 1 aliphatic rings. The summed E-state index contributed by atoms with van der Waals surface area (Å²) in [7, 11) is 0. The van der Waals surface area contributed by atoms with Crippen LogP contribution in [-0.2, 0) is 4.79 Å². The quantitative estimate of drug-likeness (QED) is 0.666. The monoisotopic (exact) mass is 421 g/mol. The highest BCUT2D eigenvalue weighted by molar-refractivity contribution is 5.93. The first kappa shape index (κ1) is 22.1. The van der Waals surface area contributed by atoms with Gasteiger partial charge in [-0.15, -0.1) is 24.8 Å². The van der Waals surface area contributed by atoms with Gasteiger partial charge in [0.05, 0.1) is 11.6 Å². The smallest absolute Gasteiger partial charge is 0.234 e. The van der Waals surface area contributed by atoms with E-state index in [0.29, 0.717) is 5.78 Å². The number of hydrogen-bond donors (Lipinski definition) is 2. The summed E-state index contributed by atoms with van der Waals surface area (Å²) in [5.74, 6) is 0.541. The first-order chi connectivity index (χ1) is 12.5. The fourth-order valence-electron chi connectivity index (χ4n) is 3.71. The number of nitrogens with one attached hydrogen (secondary N) is 1. The number of anilines is 1. The zero-order valence-corrected chi connectivity index (χ0v) is 17.3. The maximum atomic E-state index is 12.6. The number of benzene rings is 1. The first-order valence-corrected chi connectivity index (χ1v) is 9.03. The molecular formula is C20H25Cl2N5O. The van der Waals surface area contributed by atoms with Crippen LogP contribution in [0.3, 0.4) is 0 Å². The van der Waals surface area contributed by atoms with Gasteiger partial charge in [0.25, 0.3) is 0 Å². The maximum absolute atomic E-state index is 12.6. The van der Waals surface area contributed by atoms with Crippen LogP contribution in [0.4, 0.5) is 5.69 Å². The third-order valence-electron chi connectivity index (χ3n) is 5.25. The van der Waals surface area contributed by atoms with Gasteiger partial charge >= 0.3 is 0 Å².